The van der Waals surface area contributed by atoms with Crippen molar-refractivity contribution in [2.45, 2.75) is 130 Å². The molecule has 1 heterocycles. The van der Waals surface area contributed by atoms with Gasteiger partial charge in [0, 0.05) is 22.4 Å². The third-order valence-corrected chi connectivity index (χ3v) is 17.3. The van der Waals surface area contributed by atoms with Crippen LogP contribution >= 0.6 is 0 Å². The summed E-state index contributed by atoms with van der Waals surface area (Å²) in [6.07, 6.45) is -1.24. The van der Waals surface area contributed by atoms with Crippen LogP contribution in [0.3, 0.4) is 0 Å². The molecule has 3 aromatic carbocycles. The summed E-state index contributed by atoms with van der Waals surface area (Å²) in [4.78, 5) is 61.5. The first-order valence-corrected chi connectivity index (χ1v) is 24.5. The van der Waals surface area contributed by atoms with Crippen molar-refractivity contribution in [1.29, 1.82) is 0 Å². The summed E-state index contributed by atoms with van der Waals surface area (Å²) < 4.78 is 31.0. The number of aromatic nitrogens is 1. The minimum atomic E-state index is -2.93. The van der Waals surface area contributed by atoms with Crippen LogP contribution in [0.1, 0.15) is 118 Å². The minimum absolute atomic E-state index is 0.00692. The van der Waals surface area contributed by atoms with Crippen LogP contribution in [0, 0.1) is 18.8 Å². The lowest BCUT2D eigenvalue weighted by atomic mass is 9.58. The quantitative estimate of drug-likeness (QED) is 0.175. The van der Waals surface area contributed by atoms with Gasteiger partial charge in [-0.25, -0.2) is 9.59 Å². The number of hydrogen-bond acceptors (Lipinski definition) is 12. The molecule has 0 aliphatic heterocycles. The van der Waals surface area contributed by atoms with Crippen molar-refractivity contribution in [1.82, 2.24) is 10.1 Å². The highest BCUT2D eigenvalue weighted by molar-refractivity contribution is 6.74. The van der Waals surface area contributed by atoms with Gasteiger partial charge in [0.05, 0.1) is 11.7 Å². The Bertz CT molecular complexity index is 2510. The van der Waals surface area contributed by atoms with Gasteiger partial charge in [0.15, 0.2) is 25.5 Å². The lowest BCUT2D eigenvalue weighted by Crippen LogP contribution is -2.65. The normalized spacial score (nSPS) is 21.4. The monoisotopic (exact) mass is 879 g/mol. The number of nitrogens with zero attached hydrogens (tertiary/aromatic N) is 3. The molecule has 3 aliphatic rings. The van der Waals surface area contributed by atoms with E-state index in [4.69, 9.17) is 23.2 Å². The molecule has 7 rings (SSSR count). The number of Topliss-reactive ketones (excluding diaryl/α,β-unsaturated/α-hetero) is 2. The molecule has 13 nitrogen and oxygen atoms in total. The number of carbonyl (C=O) groups is 4. The maximum atomic E-state index is 15.6. The summed E-state index contributed by atoms with van der Waals surface area (Å²) in [6.45, 7) is 22.5. The number of ketones is 2. The van der Waals surface area contributed by atoms with Crippen LogP contribution in [-0.2, 0) is 26.9 Å². The molecule has 0 radical (unpaired) electrons. The molecule has 4 aromatic rings. The first-order valence-electron chi connectivity index (χ1n) is 21.6. The van der Waals surface area contributed by atoms with Crippen LogP contribution in [0.25, 0.3) is 10.8 Å². The fourth-order valence-electron chi connectivity index (χ4n) is 9.09. The zero-order valence-electron chi connectivity index (χ0n) is 39.0. The molecule has 1 aromatic heterocycles. The first-order chi connectivity index (χ1) is 29.2. The standard InChI is InChI=1S/C49H61N3O10Si/c1-27-31-21-18-22-34(52(44(56)59-46(2,3)4)45(57)60-47(5,6)7)32(31)24-29-23-30-25-33-38(51(11)12)40-37(43(50-61-40)58-26-28-19-16-15-17-20-28)42(55)49(33,62-63(13,14)48(8,9)10)41(54)36(30)39(53)35(27)29/h15-22,24,30,33,38,54H,23,25-26H2,1-14H3/t30-,33-,38-,49-/m0/s1. The predicted octanol–water partition coefficient (Wildman–Crippen LogP) is 10.8. The van der Waals surface area contributed by atoms with Gasteiger partial charge in [0.2, 0.25) is 5.78 Å². The lowest BCUT2D eigenvalue weighted by Gasteiger charge is -2.55. The van der Waals surface area contributed by atoms with Crippen LogP contribution in [0.4, 0.5) is 15.3 Å². The van der Waals surface area contributed by atoms with Crippen molar-refractivity contribution in [3.05, 3.63) is 99.5 Å². The molecule has 14 heteroatoms. The lowest BCUT2D eigenvalue weighted by molar-refractivity contribution is -0.0480. The average Bonchev–Trinajstić information content (AvgIpc) is 3.57. The average molecular weight is 880 g/mol. The maximum Gasteiger partial charge on any atom is 0.424 e. The van der Waals surface area contributed by atoms with Crippen molar-refractivity contribution in [2.75, 3.05) is 19.0 Å². The van der Waals surface area contributed by atoms with Crippen LogP contribution in [0.5, 0.6) is 5.88 Å². The summed E-state index contributed by atoms with van der Waals surface area (Å²) in [5.74, 6) is -2.32. The Morgan fingerprint density at radius 2 is 1.51 bits per heavy atom. The summed E-state index contributed by atoms with van der Waals surface area (Å²) in [7, 11) is 0.831. The minimum Gasteiger partial charge on any atom is -0.508 e. The molecule has 0 fully saturated rings. The number of amides is 2. The number of imide groups is 1. The molecule has 63 heavy (non-hydrogen) atoms. The van der Waals surface area contributed by atoms with E-state index in [0.29, 0.717) is 39.6 Å². The van der Waals surface area contributed by atoms with Crippen molar-refractivity contribution in [3.8, 4) is 5.88 Å². The van der Waals surface area contributed by atoms with E-state index in [1.807, 2.05) is 81.5 Å². The van der Waals surface area contributed by atoms with Gasteiger partial charge in [-0.3, -0.25) is 14.5 Å². The highest BCUT2D eigenvalue weighted by Gasteiger charge is 2.67. The van der Waals surface area contributed by atoms with E-state index in [9.17, 15) is 14.7 Å². The van der Waals surface area contributed by atoms with Crippen LogP contribution in [0.2, 0.25) is 18.1 Å². The fourth-order valence-corrected chi connectivity index (χ4v) is 10.5. The number of aliphatic hydroxyl groups excluding tert-OH is 1. The second kappa shape index (κ2) is 15.7. The summed E-state index contributed by atoms with van der Waals surface area (Å²) in [6, 6.07) is 15.9. The second-order valence-electron chi connectivity index (χ2n) is 20.9. The van der Waals surface area contributed by atoms with Gasteiger partial charge in [0.1, 0.15) is 29.1 Å². The van der Waals surface area contributed by atoms with Gasteiger partial charge in [-0.15, -0.1) is 0 Å². The smallest absolute Gasteiger partial charge is 0.424 e. The number of carbonyl (C=O) groups excluding carboxylic acids is 4. The van der Waals surface area contributed by atoms with Gasteiger partial charge in [-0.05, 0) is 139 Å². The topological polar surface area (TPSA) is 158 Å². The van der Waals surface area contributed by atoms with E-state index in [1.54, 1.807) is 53.7 Å². The molecule has 0 unspecified atom stereocenters. The third kappa shape index (κ3) is 7.99. The summed E-state index contributed by atoms with van der Waals surface area (Å²) >= 11 is 0. The van der Waals surface area contributed by atoms with Gasteiger partial charge in [-0.2, -0.15) is 4.90 Å². The van der Waals surface area contributed by atoms with Gasteiger partial charge < -0.3 is 28.3 Å². The number of rotatable bonds is 7. The Balaban J connectivity index is 1.42. The second-order valence-corrected chi connectivity index (χ2v) is 25.6. The molecule has 0 bridgehead atoms. The van der Waals surface area contributed by atoms with Gasteiger partial charge >= 0.3 is 12.2 Å². The van der Waals surface area contributed by atoms with E-state index < -0.39 is 77.5 Å². The highest BCUT2D eigenvalue weighted by atomic mass is 28.4. The number of benzene rings is 3. The zero-order chi connectivity index (χ0) is 46.4. The number of ether oxygens (including phenoxy) is 3. The summed E-state index contributed by atoms with van der Waals surface area (Å²) in [5.41, 5.74) is -0.865. The van der Waals surface area contributed by atoms with E-state index in [0.717, 1.165) is 10.5 Å². The van der Waals surface area contributed by atoms with Gasteiger partial charge in [-0.1, -0.05) is 63.2 Å². The van der Waals surface area contributed by atoms with E-state index in [-0.39, 0.29) is 35.7 Å². The SMILES string of the molecule is Cc1c2c(cc3c(N(C(=O)OC(C)(C)C)C(=O)OC(C)(C)C)cccc13)C[C@H]1C[C@H]3[C@H](N(C)C)c4onc(OCc5ccccc5)c4C(=O)[C@@]3(O[Si](C)(C)C(C)(C)C)C(O)=C1C2=O. The van der Waals surface area contributed by atoms with Crippen molar-refractivity contribution < 1.29 is 47.4 Å². The van der Waals surface area contributed by atoms with Gasteiger partial charge in [0.25, 0.3) is 5.88 Å². The Labute approximate surface area is 370 Å². The van der Waals surface area contributed by atoms with Crippen molar-refractivity contribution in [3.63, 3.8) is 0 Å². The maximum absolute atomic E-state index is 15.6. The molecule has 1 N–H and O–H groups in total. The number of aryl methyl sites for hydroxylation is 1. The molecule has 3 aliphatic carbocycles. The number of fused-ring (bicyclic) bond motifs is 5. The number of aliphatic hydroxyl groups is 1. The van der Waals surface area contributed by atoms with E-state index >= 15 is 9.59 Å². The molecule has 0 spiro atoms. The van der Waals surface area contributed by atoms with Crippen molar-refractivity contribution >= 4 is 48.5 Å². The number of hydrogen-bond donors (Lipinski definition) is 1. The van der Waals surface area contributed by atoms with Crippen molar-refractivity contribution in [2.24, 2.45) is 11.8 Å². The molecule has 336 valence electrons. The summed E-state index contributed by atoms with van der Waals surface area (Å²) in [5, 5.41) is 18.1. The van der Waals surface area contributed by atoms with E-state index in [2.05, 4.69) is 25.9 Å². The molecule has 2 amide bonds. The number of anilines is 1. The molecule has 4 atom stereocenters. The van der Waals surface area contributed by atoms with Crippen LogP contribution in [0.15, 0.2) is 70.5 Å². The van der Waals surface area contributed by atoms with Crippen LogP contribution < -0.4 is 9.64 Å². The molecular weight excluding hydrogens is 819 g/mol. The number of allylic oxidation sites excluding steroid dienone is 1. The Kier molecular flexibility index (Phi) is 11.4. The molecule has 0 saturated heterocycles. The largest absolute Gasteiger partial charge is 0.508 e. The predicted molar refractivity (Wildman–Crippen MR) is 242 cm³/mol. The Morgan fingerprint density at radius 3 is 2.08 bits per heavy atom. The third-order valence-electron chi connectivity index (χ3n) is 12.8. The van der Waals surface area contributed by atoms with Crippen LogP contribution in [-0.4, -0.2) is 78.1 Å². The Hall–Kier alpha value is -5.31. The van der Waals surface area contributed by atoms with E-state index in [1.165, 1.54) is 0 Å². The molecule has 0 saturated carbocycles. The first kappa shape index (κ1) is 45.7. The molecular formula is C49H61N3O10Si. The zero-order valence-corrected chi connectivity index (χ0v) is 40.0. The fraction of sp³-hybridized carbons (Fsp3) is 0.490. The highest BCUT2D eigenvalue weighted by Crippen LogP contribution is 2.59. The Morgan fingerprint density at radius 1 is 0.889 bits per heavy atom.